The monoisotopic (exact) mass is 414 g/mol. The van der Waals surface area contributed by atoms with E-state index in [0.29, 0.717) is 6.29 Å². The molecule has 0 heterocycles. The van der Waals surface area contributed by atoms with Crippen molar-refractivity contribution in [2.24, 2.45) is 0 Å². The van der Waals surface area contributed by atoms with E-state index in [1.807, 2.05) is 0 Å². The van der Waals surface area contributed by atoms with Gasteiger partial charge in [0, 0.05) is 23.1 Å². The molecule has 8 nitrogen and oxygen atoms in total. The average Bonchev–Trinajstić information content (AvgIpc) is 2.67. The minimum Gasteiger partial charge on any atom is -0.492 e. The summed E-state index contributed by atoms with van der Waals surface area (Å²) in [7, 11) is 1.20. The number of aldehydes is 2. The van der Waals surface area contributed by atoms with Crippen molar-refractivity contribution in [2.45, 2.75) is 27.2 Å². The molecule has 0 fully saturated rings. The van der Waals surface area contributed by atoms with E-state index in [1.165, 1.54) is 27.9 Å². The van der Waals surface area contributed by atoms with E-state index in [0.717, 1.165) is 0 Å². The Labute approximate surface area is 173 Å². The van der Waals surface area contributed by atoms with Gasteiger partial charge in [-0.3, -0.25) is 14.4 Å². The maximum Gasteiger partial charge on any atom is 0.338 e. The fourth-order valence-electron chi connectivity index (χ4n) is 2.27. The third kappa shape index (κ3) is 5.16. The smallest absolute Gasteiger partial charge is 0.338 e. The summed E-state index contributed by atoms with van der Waals surface area (Å²) in [5.41, 5.74) is -0.569. The molecule has 8 heteroatoms. The van der Waals surface area contributed by atoms with Crippen molar-refractivity contribution in [1.82, 2.24) is 0 Å². The fourth-order valence-corrected chi connectivity index (χ4v) is 2.27. The SMILES string of the molecule is C=C(C)C(=O)Cc1c(C=O)c(OC(=O)C(=C)C)c(C=O)c(OC(=O)C(=C)C)c1OC. The van der Waals surface area contributed by atoms with Crippen LogP contribution in [0, 0.1) is 0 Å². The van der Waals surface area contributed by atoms with Gasteiger partial charge >= 0.3 is 11.9 Å². The molecule has 158 valence electrons. The first kappa shape index (κ1) is 24.2. The highest BCUT2D eigenvalue weighted by Gasteiger charge is 2.30. The molecule has 0 aliphatic carbocycles. The molecule has 30 heavy (non-hydrogen) atoms. The van der Waals surface area contributed by atoms with Crippen LogP contribution in [0.5, 0.6) is 17.2 Å². The Balaban J connectivity index is 4.01. The minimum absolute atomic E-state index is 0.00779. The van der Waals surface area contributed by atoms with E-state index < -0.39 is 34.8 Å². The summed E-state index contributed by atoms with van der Waals surface area (Å²) < 4.78 is 15.7. The summed E-state index contributed by atoms with van der Waals surface area (Å²) >= 11 is 0. The van der Waals surface area contributed by atoms with E-state index in [9.17, 15) is 24.0 Å². The van der Waals surface area contributed by atoms with E-state index in [2.05, 4.69) is 19.7 Å². The first-order chi connectivity index (χ1) is 14.0. The molecule has 0 saturated heterocycles. The molecule has 1 rings (SSSR count). The van der Waals surface area contributed by atoms with Gasteiger partial charge in [0.25, 0.3) is 0 Å². The first-order valence-corrected chi connectivity index (χ1v) is 8.61. The molecule has 0 N–H and O–H groups in total. The second-order valence-corrected chi connectivity index (χ2v) is 6.45. The van der Waals surface area contributed by atoms with Gasteiger partial charge in [-0.05, 0) is 26.3 Å². The zero-order valence-electron chi connectivity index (χ0n) is 17.2. The second kappa shape index (κ2) is 10.1. The number of ether oxygens (including phenoxy) is 3. The number of carbonyl (C=O) groups excluding carboxylic acids is 5. The van der Waals surface area contributed by atoms with Gasteiger partial charge in [0.1, 0.15) is 5.56 Å². The van der Waals surface area contributed by atoms with Gasteiger partial charge in [-0.25, -0.2) is 9.59 Å². The highest BCUT2D eigenvalue weighted by molar-refractivity contribution is 6.03. The molecule has 1 aromatic carbocycles. The Bertz CT molecular complexity index is 920. The van der Waals surface area contributed by atoms with Gasteiger partial charge in [0.05, 0.1) is 12.7 Å². The minimum atomic E-state index is -0.930. The van der Waals surface area contributed by atoms with Crippen molar-refractivity contribution in [2.75, 3.05) is 7.11 Å². The summed E-state index contributed by atoms with van der Waals surface area (Å²) in [6.07, 6.45) is 0.158. The summed E-state index contributed by atoms with van der Waals surface area (Å²) in [6.45, 7) is 14.7. The van der Waals surface area contributed by atoms with E-state index in [4.69, 9.17) is 14.2 Å². The molecular formula is C22H22O8. The van der Waals surface area contributed by atoms with Crippen LogP contribution in [-0.2, 0) is 20.8 Å². The molecular weight excluding hydrogens is 392 g/mol. The lowest BCUT2D eigenvalue weighted by Gasteiger charge is -2.20. The normalized spacial score (nSPS) is 9.87. The van der Waals surface area contributed by atoms with Gasteiger partial charge in [-0.1, -0.05) is 19.7 Å². The van der Waals surface area contributed by atoms with Crippen LogP contribution in [-0.4, -0.2) is 37.4 Å². The molecule has 0 radical (unpaired) electrons. The van der Waals surface area contributed by atoms with Crippen LogP contribution in [0.2, 0.25) is 0 Å². The molecule has 0 saturated carbocycles. The van der Waals surface area contributed by atoms with Crippen molar-refractivity contribution in [3.05, 3.63) is 53.1 Å². The molecule has 0 aliphatic rings. The highest BCUT2D eigenvalue weighted by atomic mass is 16.6. The summed E-state index contributed by atoms with van der Waals surface area (Å²) in [5, 5.41) is 0. The van der Waals surface area contributed by atoms with Crippen molar-refractivity contribution in [3.63, 3.8) is 0 Å². The molecule has 0 bridgehead atoms. The van der Waals surface area contributed by atoms with E-state index in [1.54, 1.807) is 0 Å². The van der Waals surface area contributed by atoms with Crippen LogP contribution in [0.15, 0.2) is 36.5 Å². The lowest BCUT2D eigenvalue weighted by molar-refractivity contribution is -0.130. The summed E-state index contributed by atoms with van der Waals surface area (Å²) in [6, 6.07) is 0. The lowest BCUT2D eigenvalue weighted by Crippen LogP contribution is -2.18. The second-order valence-electron chi connectivity index (χ2n) is 6.45. The van der Waals surface area contributed by atoms with Gasteiger partial charge in [0.15, 0.2) is 35.6 Å². The molecule has 0 atom stereocenters. The van der Waals surface area contributed by atoms with Crippen molar-refractivity contribution >= 4 is 30.3 Å². The van der Waals surface area contributed by atoms with Crippen LogP contribution >= 0.6 is 0 Å². The number of hydrogen-bond donors (Lipinski definition) is 0. The number of rotatable bonds is 10. The van der Waals surface area contributed by atoms with Gasteiger partial charge in [-0.2, -0.15) is 0 Å². The largest absolute Gasteiger partial charge is 0.492 e. The van der Waals surface area contributed by atoms with Crippen LogP contribution in [0.25, 0.3) is 0 Å². The topological polar surface area (TPSA) is 113 Å². The Morgan fingerprint density at radius 2 is 1.23 bits per heavy atom. The number of ketones is 1. The lowest BCUT2D eigenvalue weighted by atomic mass is 9.95. The summed E-state index contributed by atoms with van der Waals surface area (Å²) in [4.78, 5) is 60.3. The Kier molecular flexibility index (Phi) is 8.16. The number of allylic oxidation sites excluding steroid dienone is 1. The van der Waals surface area contributed by atoms with Crippen molar-refractivity contribution < 1.29 is 38.2 Å². The molecule has 1 aromatic rings. The molecule has 0 aliphatic heterocycles. The van der Waals surface area contributed by atoms with Gasteiger partial charge in [0.2, 0.25) is 0 Å². The number of esters is 2. The Morgan fingerprint density at radius 3 is 1.60 bits per heavy atom. The van der Waals surface area contributed by atoms with Crippen molar-refractivity contribution in [1.29, 1.82) is 0 Å². The number of carbonyl (C=O) groups is 5. The van der Waals surface area contributed by atoms with Crippen LogP contribution in [0.3, 0.4) is 0 Å². The van der Waals surface area contributed by atoms with Gasteiger partial charge in [-0.15, -0.1) is 0 Å². The number of hydrogen-bond acceptors (Lipinski definition) is 8. The van der Waals surface area contributed by atoms with Crippen LogP contribution in [0.4, 0.5) is 0 Å². The maximum absolute atomic E-state index is 12.3. The first-order valence-electron chi connectivity index (χ1n) is 8.61. The summed E-state index contributed by atoms with van der Waals surface area (Å²) in [5.74, 6) is -3.39. The third-order valence-corrected chi connectivity index (χ3v) is 3.88. The number of benzene rings is 1. The third-order valence-electron chi connectivity index (χ3n) is 3.88. The number of methoxy groups -OCH3 is 1. The standard InChI is InChI=1S/C22H22O8/c1-11(2)17(25)8-14-15(9-23)18(29-21(26)12(3)4)16(10-24)20(19(14)28-7)30-22(27)13(5)6/h9-10H,1,3,5,8H2,2,4,6-7H3. The maximum atomic E-state index is 12.3. The zero-order chi connectivity index (χ0) is 23.2. The average molecular weight is 414 g/mol. The predicted octanol–water partition coefficient (Wildman–Crippen LogP) is 2.97. The molecule has 0 spiro atoms. The van der Waals surface area contributed by atoms with E-state index in [-0.39, 0.29) is 46.3 Å². The van der Waals surface area contributed by atoms with E-state index >= 15 is 0 Å². The quantitative estimate of drug-likeness (QED) is 0.248. The molecule has 0 unspecified atom stereocenters. The van der Waals surface area contributed by atoms with Crippen LogP contribution in [0.1, 0.15) is 47.1 Å². The number of Topliss-reactive ketones (excluding diaryl/α,β-unsaturated/α-hetero) is 1. The van der Waals surface area contributed by atoms with Crippen molar-refractivity contribution in [3.8, 4) is 17.2 Å². The van der Waals surface area contributed by atoms with Crippen LogP contribution < -0.4 is 14.2 Å². The predicted molar refractivity (Wildman–Crippen MR) is 108 cm³/mol. The zero-order valence-corrected chi connectivity index (χ0v) is 17.2. The molecule has 0 aromatic heterocycles. The van der Waals surface area contributed by atoms with Gasteiger partial charge < -0.3 is 14.2 Å². The molecule has 0 amide bonds. The Hall–Kier alpha value is -3.81. The highest BCUT2D eigenvalue weighted by Crippen LogP contribution is 2.44. The fraction of sp³-hybridized carbons (Fsp3) is 0.227. The Morgan fingerprint density at radius 1 is 0.767 bits per heavy atom.